The predicted octanol–water partition coefficient (Wildman–Crippen LogP) is 0.114. The Labute approximate surface area is 165 Å². The van der Waals surface area contributed by atoms with Crippen LogP contribution in [-0.2, 0) is 27.2 Å². The van der Waals surface area contributed by atoms with Gasteiger partial charge >= 0.3 is 0 Å². The minimum atomic E-state index is -1.30. The van der Waals surface area contributed by atoms with Gasteiger partial charge in [-0.3, -0.25) is 4.79 Å². The highest BCUT2D eigenvalue weighted by atomic mass is 16.5. The summed E-state index contributed by atoms with van der Waals surface area (Å²) < 4.78 is 4.94. The second-order valence-electron chi connectivity index (χ2n) is 6.78. The van der Waals surface area contributed by atoms with Crippen molar-refractivity contribution in [1.29, 1.82) is 0 Å². The monoisotopic (exact) mass is 384 g/mol. The van der Waals surface area contributed by atoms with Gasteiger partial charge < -0.3 is 25.7 Å². The van der Waals surface area contributed by atoms with Crippen molar-refractivity contribution in [3.63, 3.8) is 0 Å². The molecule has 4 N–H and O–H groups in total. The van der Waals surface area contributed by atoms with Crippen molar-refractivity contribution in [1.82, 2.24) is 5.32 Å². The molecule has 150 valence electrons. The summed E-state index contributed by atoms with van der Waals surface area (Å²) in [6.45, 7) is 2.00. The third-order valence-electron chi connectivity index (χ3n) is 4.41. The number of aliphatic carboxylic acids is 1. The van der Waals surface area contributed by atoms with Crippen LogP contribution < -0.4 is 16.2 Å². The Morgan fingerprint density at radius 1 is 0.929 bits per heavy atom. The average molecular weight is 384 g/mol. The van der Waals surface area contributed by atoms with Crippen LogP contribution in [0.1, 0.15) is 24.0 Å². The van der Waals surface area contributed by atoms with Gasteiger partial charge in [0.25, 0.3) is 5.91 Å². The van der Waals surface area contributed by atoms with Crippen molar-refractivity contribution >= 4 is 11.9 Å². The number of carbonyl (C=O) groups is 2. The van der Waals surface area contributed by atoms with Crippen LogP contribution in [-0.4, -0.2) is 37.2 Å². The van der Waals surface area contributed by atoms with Crippen LogP contribution >= 0.6 is 0 Å². The van der Waals surface area contributed by atoms with E-state index in [0.717, 1.165) is 24.3 Å². The van der Waals surface area contributed by atoms with Gasteiger partial charge in [0.2, 0.25) is 0 Å². The molecule has 0 unspecified atom stereocenters. The van der Waals surface area contributed by atoms with Crippen molar-refractivity contribution in [3.8, 4) is 0 Å². The summed E-state index contributed by atoms with van der Waals surface area (Å²) in [7, 11) is 0. The highest BCUT2D eigenvalue weighted by molar-refractivity contribution is 5.85. The molecule has 28 heavy (non-hydrogen) atoms. The maximum absolute atomic E-state index is 12.2. The molecule has 6 heteroatoms. The summed E-state index contributed by atoms with van der Waals surface area (Å²) in [5, 5.41) is 13.8. The first-order valence-corrected chi connectivity index (χ1v) is 9.56. The van der Waals surface area contributed by atoms with Crippen LogP contribution in [0.15, 0.2) is 60.7 Å². The molecule has 1 heterocycles. The zero-order valence-electron chi connectivity index (χ0n) is 16.0. The van der Waals surface area contributed by atoms with Gasteiger partial charge in [-0.25, -0.2) is 0 Å². The van der Waals surface area contributed by atoms with E-state index in [9.17, 15) is 14.7 Å². The second kappa shape index (κ2) is 11.9. The fourth-order valence-corrected chi connectivity index (χ4v) is 2.83. The molecule has 0 aromatic heterocycles. The van der Waals surface area contributed by atoms with Gasteiger partial charge in [0, 0.05) is 19.6 Å². The summed E-state index contributed by atoms with van der Waals surface area (Å²) in [5.74, 6) is -1.69. The van der Waals surface area contributed by atoms with E-state index in [1.54, 1.807) is 0 Å². The van der Waals surface area contributed by atoms with E-state index in [2.05, 4.69) is 11.1 Å². The molecule has 0 aliphatic carbocycles. The number of rotatable bonds is 7. The lowest BCUT2D eigenvalue weighted by molar-refractivity contribution is -0.403. The molecule has 6 nitrogen and oxygen atoms in total. The van der Waals surface area contributed by atoms with Gasteiger partial charge in [-0.15, -0.1) is 0 Å². The van der Waals surface area contributed by atoms with E-state index in [1.165, 1.54) is 12.8 Å². The first-order chi connectivity index (χ1) is 13.6. The number of nitrogens with one attached hydrogen (secondary N) is 1. The van der Waals surface area contributed by atoms with E-state index < -0.39 is 18.1 Å². The quantitative estimate of drug-likeness (QED) is 0.707. The SMILES string of the molecule is C1CCOC1.[NH3+][C@@H](Cc1ccccc1)C(=O)N[C@@H](Cc1ccccc1)C(=O)[O-]. The molecule has 1 amide bonds. The molecule has 1 fully saturated rings. The Morgan fingerprint density at radius 3 is 1.86 bits per heavy atom. The summed E-state index contributed by atoms with van der Waals surface area (Å²) >= 11 is 0. The van der Waals surface area contributed by atoms with Gasteiger partial charge in [-0.05, 0) is 30.4 Å². The van der Waals surface area contributed by atoms with Gasteiger partial charge in [0.1, 0.15) is 0 Å². The molecule has 1 saturated heterocycles. The third-order valence-corrected chi connectivity index (χ3v) is 4.41. The number of carboxylic acids is 1. The topological polar surface area (TPSA) is 106 Å². The Balaban J connectivity index is 0.000000485. The van der Waals surface area contributed by atoms with Gasteiger partial charge in [0.05, 0.1) is 12.0 Å². The van der Waals surface area contributed by atoms with Crippen molar-refractivity contribution in [2.75, 3.05) is 13.2 Å². The van der Waals surface area contributed by atoms with Crippen molar-refractivity contribution in [3.05, 3.63) is 71.8 Å². The zero-order chi connectivity index (χ0) is 20.2. The van der Waals surface area contributed by atoms with E-state index in [1.807, 2.05) is 60.7 Å². The molecular formula is C22H28N2O4. The lowest BCUT2D eigenvalue weighted by atomic mass is 10.0. The van der Waals surface area contributed by atoms with Crippen LogP contribution in [0.2, 0.25) is 0 Å². The van der Waals surface area contributed by atoms with E-state index in [4.69, 9.17) is 4.74 Å². The van der Waals surface area contributed by atoms with Crippen LogP contribution in [0.3, 0.4) is 0 Å². The zero-order valence-corrected chi connectivity index (χ0v) is 16.0. The lowest BCUT2D eigenvalue weighted by Gasteiger charge is -2.21. The summed E-state index contributed by atoms with van der Waals surface area (Å²) in [4.78, 5) is 23.5. The molecule has 0 bridgehead atoms. The summed E-state index contributed by atoms with van der Waals surface area (Å²) in [5.41, 5.74) is 5.63. The first-order valence-electron chi connectivity index (χ1n) is 9.56. The average Bonchev–Trinajstić information content (AvgIpc) is 3.29. The fraction of sp³-hybridized carbons (Fsp3) is 0.364. The predicted molar refractivity (Wildman–Crippen MR) is 104 cm³/mol. The van der Waals surface area contributed by atoms with Crippen molar-refractivity contribution < 1.29 is 25.2 Å². The smallest absolute Gasteiger partial charge is 0.279 e. The molecule has 2 atom stereocenters. The van der Waals surface area contributed by atoms with E-state index in [0.29, 0.717) is 6.42 Å². The molecular weight excluding hydrogens is 356 g/mol. The molecule has 0 saturated carbocycles. The Kier molecular flexibility index (Phi) is 9.18. The molecule has 3 rings (SSSR count). The number of benzene rings is 2. The summed E-state index contributed by atoms with van der Waals surface area (Å²) in [6.07, 6.45) is 3.20. The van der Waals surface area contributed by atoms with Gasteiger partial charge in [-0.1, -0.05) is 60.7 Å². The van der Waals surface area contributed by atoms with E-state index >= 15 is 0 Å². The fourth-order valence-electron chi connectivity index (χ4n) is 2.83. The number of ether oxygens (including phenoxy) is 1. The van der Waals surface area contributed by atoms with Crippen molar-refractivity contribution in [2.24, 2.45) is 0 Å². The standard InChI is InChI=1S/C18H20N2O3.C4H8O/c19-15(11-13-7-3-1-4-8-13)17(21)20-16(18(22)23)12-14-9-5-2-6-10-14;1-2-4-5-3-1/h1-10,15-16H,11-12,19H2,(H,20,21)(H,22,23);1-4H2/t15-,16-;/m0./s1. The van der Waals surface area contributed by atoms with Gasteiger partial charge in [-0.2, -0.15) is 0 Å². The molecule has 0 radical (unpaired) electrons. The third kappa shape index (κ3) is 7.90. The van der Waals surface area contributed by atoms with Crippen LogP contribution in [0.5, 0.6) is 0 Å². The highest BCUT2D eigenvalue weighted by Gasteiger charge is 2.22. The Morgan fingerprint density at radius 2 is 1.43 bits per heavy atom. The number of hydrogen-bond donors (Lipinski definition) is 2. The van der Waals surface area contributed by atoms with Crippen molar-refractivity contribution in [2.45, 2.75) is 37.8 Å². The molecule has 1 aliphatic heterocycles. The normalized spacial score (nSPS) is 15.0. The number of hydrogen-bond acceptors (Lipinski definition) is 4. The Hall–Kier alpha value is -2.70. The van der Waals surface area contributed by atoms with Gasteiger partial charge in [0.15, 0.2) is 6.04 Å². The number of carboxylic acid groups (broad SMARTS) is 1. The number of amides is 1. The first kappa shape index (κ1) is 21.6. The van der Waals surface area contributed by atoms with Crippen LogP contribution in [0.4, 0.5) is 0 Å². The molecule has 2 aromatic rings. The van der Waals surface area contributed by atoms with Crippen LogP contribution in [0.25, 0.3) is 0 Å². The van der Waals surface area contributed by atoms with E-state index in [-0.39, 0.29) is 12.3 Å². The second-order valence-corrected chi connectivity index (χ2v) is 6.78. The molecule has 0 spiro atoms. The lowest BCUT2D eigenvalue weighted by Crippen LogP contribution is -2.70. The van der Waals surface area contributed by atoms with Crippen LogP contribution in [0, 0.1) is 0 Å². The number of carbonyl (C=O) groups excluding carboxylic acids is 2. The maximum Gasteiger partial charge on any atom is 0.279 e. The maximum atomic E-state index is 12.2. The summed E-state index contributed by atoms with van der Waals surface area (Å²) in [6, 6.07) is 17.0. The number of quaternary nitrogens is 1. The minimum absolute atomic E-state index is 0.187. The minimum Gasteiger partial charge on any atom is -0.548 e. The molecule has 2 aromatic carbocycles. The molecule has 1 aliphatic rings. The highest BCUT2D eigenvalue weighted by Crippen LogP contribution is 2.05. The largest absolute Gasteiger partial charge is 0.548 e. The Bertz CT molecular complexity index is 710.